The summed E-state index contributed by atoms with van der Waals surface area (Å²) >= 11 is 1.49. The molecule has 1 fully saturated rings. The number of anilines is 1. The zero-order valence-electron chi connectivity index (χ0n) is 15.8. The molecule has 1 saturated heterocycles. The van der Waals surface area contributed by atoms with Gasteiger partial charge in [0.25, 0.3) is 0 Å². The number of ether oxygens (including phenoxy) is 1. The van der Waals surface area contributed by atoms with Crippen molar-refractivity contribution in [2.45, 2.75) is 32.5 Å². The van der Waals surface area contributed by atoms with Crippen molar-refractivity contribution in [3.8, 4) is 0 Å². The number of carbonyl (C=O) groups excluding carboxylic acids is 2. The summed E-state index contributed by atoms with van der Waals surface area (Å²) in [6.45, 7) is 4.44. The number of benzene rings is 1. The van der Waals surface area contributed by atoms with Gasteiger partial charge in [-0.3, -0.25) is 4.79 Å². The number of aryl methyl sites for hydroxylation is 1. The molecule has 2 atom stereocenters. The van der Waals surface area contributed by atoms with Gasteiger partial charge in [0.2, 0.25) is 5.91 Å². The molecular weight excluding hydrogens is 380 g/mol. The van der Waals surface area contributed by atoms with Gasteiger partial charge in [0, 0.05) is 17.1 Å². The average Bonchev–Trinajstić information content (AvgIpc) is 3.09. The maximum atomic E-state index is 12.4. The van der Waals surface area contributed by atoms with Crippen LogP contribution >= 0.6 is 11.3 Å². The standard InChI is InChI=1S/C19H24N4O4S/c1-3-20-19(26)22-14-6-4-13(5-7-14)18-15(9-24)23(17(25)10-27-18)8-16-12(2)21-11-28-16/h4-7,11,15,18,24H,3,8-10H2,1-2H3,(H2,20,22,26). The van der Waals surface area contributed by atoms with E-state index in [2.05, 4.69) is 15.6 Å². The van der Waals surface area contributed by atoms with Crippen molar-refractivity contribution in [2.75, 3.05) is 25.1 Å². The van der Waals surface area contributed by atoms with Gasteiger partial charge in [0.15, 0.2) is 0 Å². The number of hydrogen-bond acceptors (Lipinski definition) is 6. The molecule has 0 aliphatic carbocycles. The molecule has 0 radical (unpaired) electrons. The second kappa shape index (κ2) is 9.13. The van der Waals surface area contributed by atoms with Crippen LogP contribution in [0.1, 0.15) is 29.2 Å². The van der Waals surface area contributed by atoms with E-state index in [9.17, 15) is 14.7 Å². The quantitative estimate of drug-likeness (QED) is 0.684. The van der Waals surface area contributed by atoms with Crippen molar-refractivity contribution in [2.24, 2.45) is 0 Å². The van der Waals surface area contributed by atoms with Crippen molar-refractivity contribution < 1.29 is 19.4 Å². The molecular formula is C19H24N4O4S. The number of thiazole rings is 1. The zero-order valence-corrected chi connectivity index (χ0v) is 16.7. The van der Waals surface area contributed by atoms with Crippen molar-refractivity contribution in [3.63, 3.8) is 0 Å². The number of aromatic nitrogens is 1. The Morgan fingerprint density at radius 2 is 2.14 bits per heavy atom. The second-order valence-electron chi connectivity index (χ2n) is 6.47. The Kier molecular flexibility index (Phi) is 6.61. The minimum atomic E-state index is -0.495. The lowest BCUT2D eigenvalue weighted by atomic mass is 9.99. The van der Waals surface area contributed by atoms with Gasteiger partial charge in [-0.15, -0.1) is 11.3 Å². The topological polar surface area (TPSA) is 104 Å². The third-order valence-corrected chi connectivity index (χ3v) is 5.56. The van der Waals surface area contributed by atoms with Crippen molar-refractivity contribution >= 4 is 29.0 Å². The molecule has 0 saturated carbocycles. The number of amides is 3. The molecule has 9 heteroatoms. The molecule has 1 aliphatic heterocycles. The number of nitrogens with zero attached hydrogens (tertiary/aromatic N) is 2. The number of carbonyl (C=O) groups is 2. The van der Waals surface area contributed by atoms with Crippen LogP contribution in [0.5, 0.6) is 0 Å². The number of urea groups is 1. The Morgan fingerprint density at radius 3 is 2.75 bits per heavy atom. The summed E-state index contributed by atoms with van der Waals surface area (Å²) in [6.07, 6.45) is -0.450. The number of aliphatic hydroxyl groups excluding tert-OH is 1. The highest BCUT2D eigenvalue weighted by molar-refractivity contribution is 7.09. The van der Waals surface area contributed by atoms with Gasteiger partial charge >= 0.3 is 6.03 Å². The third kappa shape index (κ3) is 4.49. The van der Waals surface area contributed by atoms with Crippen LogP contribution in [-0.2, 0) is 16.1 Å². The highest BCUT2D eigenvalue weighted by Gasteiger charge is 2.37. The van der Waals surface area contributed by atoms with E-state index >= 15 is 0 Å². The van der Waals surface area contributed by atoms with Gasteiger partial charge in [0.05, 0.1) is 30.4 Å². The van der Waals surface area contributed by atoms with Gasteiger partial charge in [-0.25, -0.2) is 9.78 Å². The predicted octanol–water partition coefficient (Wildman–Crippen LogP) is 2.05. The molecule has 3 amide bonds. The monoisotopic (exact) mass is 404 g/mol. The fourth-order valence-electron chi connectivity index (χ4n) is 3.15. The molecule has 2 unspecified atom stereocenters. The molecule has 1 aliphatic rings. The normalized spacial score (nSPS) is 19.5. The highest BCUT2D eigenvalue weighted by atomic mass is 32.1. The van der Waals surface area contributed by atoms with E-state index in [1.54, 1.807) is 22.5 Å². The Morgan fingerprint density at radius 1 is 1.39 bits per heavy atom. The molecule has 0 spiro atoms. The first-order valence-corrected chi connectivity index (χ1v) is 9.97. The first kappa shape index (κ1) is 20.2. The van der Waals surface area contributed by atoms with Gasteiger partial charge in [0.1, 0.15) is 12.7 Å². The SMILES string of the molecule is CCNC(=O)Nc1ccc(C2OCC(=O)N(Cc3scnc3C)C2CO)cc1. The average molecular weight is 404 g/mol. The van der Waals surface area contributed by atoms with Crippen LogP contribution in [0.25, 0.3) is 0 Å². The van der Waals surface area contributed by atoms with E-state index in [0.29, 0.717) is 18.8 Å². The first-order chi connectivity index (χ1) is 13.5. The summed E-state index contributed by atoms with van der Waals surface area (Å²) in [5.74, 6) is -0.155. The molecule has 1 aromatic carbocycles. The Labute approximate surface area is 167 Å². The van der Waals surface area contributed by atoms with Crippen LogP contribution in [-0.4, -0.2) is 52.7 Å². The second-order valence-corrected chi connectivity index (χ2v) is 7.41. The van der Waals surface area contributed by atoms with E-state index in [4.69, 9.17) is 4.74 Å². The van der Waals surface area contributed by atoms with E-state index in [1.807, 2.05) is 26.0 Å². The van der Waals surface area contributed by atoms with Gasteiger partial charge < -0.3 is 25.4 Å². The zero-order chi connectivity index (χ0) is 20.1. The minimum absolute atomic E-state index is 0.0437. The van der Waals surface area contributed by atoms with Gasteiger partial charge in [-0.2, -0.15) is 0 Å². The fraction of sp³-hybridized carbons (Fsp3) is 0.421. The fourth-order valence-corrected chi connectivity index (χ4v) is 3.92. The number of aliphatic hydroxyl groups is 1. The van der Waals surface area contributed by atoms with Gasteiger partial charge in [-0.05, 0) is 31.5 Å². The molecule has 28 heavy (non-hydrogen) atoms. The minimum Gasteiger partial charge on any atom is -0.394 e. The van der Waals surface area contributed by atoms with Crippen molar-refractivity contribution in [1.82, 2.24) is 15.2 Å². The molecule has 2 heterocycles. The van der Waals surface area contributed by atoms with Gasteiger partial charge in [-0.1, -0.05) is 12.1 Å². The summed E-state index contributed by atoms with van der Waals surface area (Å²) in [5.41, 5.74) is 4.12. The summed E-state index contributed by atoms with van der Waals surface area (Å²) in [5, 5.41) is 15.4. The van der Waals surface area contributed by atoms with Crippen LogP contribution in [0.2, 0.25) is 0 Å². The molecule has 8 nitrogen and oxygen atoms in total. The number of rotatable bonds is 6. The lowest BCUT2D eigenvalue weighted by Crippen LogP contribution is -2.52. The molecule has 0 bridgehead atoms. The largest absolute Gasteiger partial charge is 0.394 e. The molecule has 3 rings (SSSR count). The van der Waals surface area contributed by atoms with Crippen LogP contribution in [0.4, 0.5) is 10.5 Å². The van der Waals surface area contributed by atoms with E-state index in [0.717, 1.165) is 16.1 Å². The van der Waals surface area contributed by atoms with Crippen molar-refractivity contribution in [3.05, 3.63) is 45.9 Å². The van der Waals surface area contributed by atoms with E-state index in [1.165, 1.54) is 11.3 Å². The molecule has 150 valence electrons. The summed E-state index contributed by atoms with van der Waals surface area (Å²) in [4.78, 5) is 30.9. The lowest BCUT2D eigenvalue weighted by molar-refractivity contribution is -0.161. The number of hydrogen-bond donors (Lipinski definition) is 3. The van der Waals surface area contributed by atoms with E-state index in [-0.39, 0.29) is 25.2 Å². The Bertz CT molecular complexity index is 824. The highest BCUT2D eigenvalue weighted by Crippen LogP contribution is 2.31. The number of nitrogens with one attached hydrogen (secondary N) is 2. The summed E-state index contributed by atoms with van der Waals surface area (Å²) < 4.78 is 5.76. The lowest BCUT2D eigenvalue weighted by Gasteiger charge is -2.40. The molecule has 3 N–H and O–H groups in total. The smallest absolute Gasteiger partial charge is 0.319 e. The Balaban J connectivity index is 1.76. The van der Waals surface area contributed by atoms with E-state index < -0.39 is 12.1 Å². The van der Waals surface area contributed by atoms with Crippen molar-refractivity contribution in [1.29, 1.82) is 0 Å². The van der Waals surface area contributed by atoms with Crippen LogP contribution in [0, 0.1) is 6.92 Å². The van der Waals surface area contributed by atoms with Crippen LogP contribution in [0.3, 0.4) is 0 Å². The summed E-state index contributed by atoms with van der Waals surface area (Å²) in [6, 6.07) is 6.45. The maximum absolute atomic E-state index is 12.4. The molecule has 1 aromatic heterocycles. The van der Waals surface area contributed by atoms with Crippen LogP contribution < -0.4 is 10.6 Å². The third-order valence-electron chi connectivity index (χ3n) is 4.64. The predicted molar refractivity (Wildman–Crippen MR) is 106 cm³/mol. The Hall–Kier alpha value is -2.49. The number of morpholine rings is 1. The first-order valence-electron chi connectivity index (χ1n) is 9.09. The molecule has 2 aromatic rings. The maximum Gasteiger partial charge on any atom is 0.319 e. The summed E-state index contributed by atoms with van der Waals surface area (Å²) in [7, 11) is 0. The van der Waals surface area contributed by atoms with Crippen LogP contribution in [0.15, 0.2) is 29.8 Å².